The quantitative estimate of drug-likeness (QED) is 0.199. The van der Waals surface area contributed by atoms with E-state index in [4.69, 9.17) is 9.15 Å². The highest BCUT2D eigenvalue weighted by Gasteiger charge is 2.27. The molecule has 1 atom stereocenters. The minimum Gasteiger partial charge on any atom is -0.472 e. The fourth-order valence-electron chi connectivity index (χ4n) is 5.42. The van der Waals surface area contributed by atoms with Crippen LogP contribution in [0.25, 0.3) is 27.7 Å². The third-order valence-corrected chi connectivity index (χ3v) is 9.44. The van der Waals surface area contributed by atoms with Gasteiger partial charge in [-0.1, -0.05) is 24.3 Å². The molecule has 6 aromatic rings. The summed E-state index contributed by atoms with van der Waals surface area (Å²) in [6.45, 7) is 0. The minimum absolute atomic E-state index is 0.185. The standard InChI is InChI=1S/C35H27F2N5O8S/c1-41-30-18-38-13-11-26(30)33(44)42(35(41)46)24-7-3-20(4-8-24)15-29(34(45)49-2)39-32(43)31-27(36)16-23(17-28(31)37)40-51(47,48)25-9-5-21(6-10-25)22-12-14-50-19-22/h3-14,16-19,29,40H,15H2,1-2H3,(H,39,43)/t29-/m0/s1. The second-order valence-corrected chi connectivity index (χ2v) is 12.9. The Kier molecular flexibility index (Phi) is 9.34. The average molecular weight is 716 g/mol. The highest BCUT2D eigenvalue weighted by Crippen LogP contribution is 2.25. The molecule has 1 amide bonds. The van der Waals surface area contributed by atoms with Gasteiger partial charge in [-0.25, -0.2) is 31.4 Å². The van der Waals surface area contributed by atoms with E-state index in [2.05, 4.69) is 15.0 Å². The van der Waals surface area contributed by atoms with Crippen molar-refractivity contribution < 1.29 is 35.9 Å². The Hall–Kier alpha value is -6.42. The number of nitrogens with one attached hydrogen (secondary N) is 2. The monoisotopic (exact) mass is 715 g/mol. The summed E-state index contributed by atoms with van der Waals surface area (Å²) in [6.07, 6.45) is 5.59. The molecule has 0 unspecified atom stereocenters. The van der Waals surface area contributed by atoms with Crippen LogP contribution in [-0.4, -0.2) is 47.6 Å². The number of amides is 1. The first-order valence-electron chi connectivity index (χ1n) is 15.1. The summed E-state index contributed by atoms with van der Waals surface area (Å²) in [4.78, 5) is 55.6. The Morgan fingerprint density at radius 1 is 0.961 bits per heavy atom. The summed E-state index contributed by atoms with van der Waals surface area (Å²) in [5.41, 5.74) is -0.300. The molecule has 2 N–H and O–H groups in total. The molecule has 0 aliphatic carbocycles. The van der Waals surface area contributed by atoms with E-state index in [1.165, 1.54) is 91.1 Å². The van der Waals surface area contributed by atoms with Crippen molar-refractivity contribution in [1.82, 2.24) is 19.4 Å². The number of carbonyl (C=O) groups is 2. The lowest BCUT2D eigenvalue weighted by Crippen LogP contribution is -2.43. The minimum atomic E-state index is -4.28. The number of fused-ring (bicyclic) bond motifs is 1. The predicted molar refractivity (Wildman–Crippen MR) is 181 cm³/mol. The molecule has 16 heteroatoms. The molecule has 0 saturated carbocycles. The largest absolute Gasteiger partial charge is 0.472 e. The number of ether oxygens (including phenoxy) is 1. The van der Waals surface area contributed by atoms with E-state index in [0.29, 0.717) is 28.8 Å². The van der Waals surface area contributed by atoms with Crippen LogP contribution in [0.2, 0.25) is 0 Å². The number of hydrogen-bond acceptors (Lipinski definition) is 9. The van der Waals surface area contributed by atoms with Crippen molar-refractivity contribution in [3.05, 3.63) is 141 Å². The van der Waals surface area contributed by atoms with E-state index < -0.39 is 62.1 Å². The number of halogens is 2. The van der Waals surface area contributed by atoms with Gasteiger partial charge in [-0.2, -0.15) is 0 Å². The first-order chi connectivity index (χ1) is 24.4. The molecule has 0 aliphatic heterocycles. The predicted octanol–water partition coefficient (Wildman–Crippen LogP) is 3.94. The zero-order chi connectivity index (χ0) is 36.4. The molecule has 13 nitrogen and oxygen atoms in total. The second-order valence-electron chi connectivity index (χ2n) is 11.3. The Bertz CT molecular complexity index is 2490. The third kappa shape index (κ3) is 6.89. The fourth-order valence-corrected chi connectivity index (χ4v) is 6.46. The van der Waals surface area contributed by atoms with Gasteiger partial charge in [0.05, 0.1) is 53.0 Å². The Balaban J connectivity index is 1.19. The van der Waals surface area contributed by atoms with Gasteiger partial charge in [0.15, 0.2) is 0 Å². The van der Waals surface area contributed by atoms with Crippen molar-refractivity contribution in [3.63, 3.8) is 0 Å². The van der Waals surface area contributed by atoms with E-state index in [9.17, 15) is 27.6 Å². The molecule has 0 bridgehead atoms. The van der Waals surface area contributed by atoms with Crippen LogP contribution < -0.4 is 21.3 Å². The summed E-state index contributed by atoms with van der Waals surface area (Å²) in [5.74, 6) is -5.02. The van der Waals surface area contributed by atoms with Crippen LogP contribution in [0, 0.1) is 11.6 Å². The molecule has 0 spiro atoms. The molecule has 6 rings (SSSR count). The van der Waals surface area contributed by atoms with Crippen molar-refractivity contribution in [3.8, 4) is 16.8 Å². The molecule has 0 aliphatic rings. The SMILES string of the molecule is COC(=O)[C@H](Cc1ccc(-n2c(=O)c3ccncc3n(C)c2=O)cc1)NC(=O)c1c(F)cc(NS(=O)(=O)c2ccc(-c3ccoc3)cc2)cc1F. The summed E-state index contributed by atoms with van der Waals surface area (Å²) >= 11 is 0. The van der Waals surface area contributed by atoms with Crippen LogP contribution in [0.4, 0.5) is 14.5 Å². The van der Waals surface area contributed by atoms with Crippen molar-refractivity contribution >= 4 is 38.5 Å². The van der Waals surface area contributed by atoms with Crippen molar-refractivity contribution in [1.29, 1.82) is 0 Å². The van der Waals surface area contributed by atoms with Crippen molar-refractivity contribution in [2.24, 2.45) is 7.05 Å². The van der Waals surface area contributed by atoms with Crippen LogP contribution in [0.1, 0.15) is 15.9 Å². The molecule has 3 aromatic heterocycles. The first kappa shape index (κ1) is 34.4. The average Bonchev–Trinajstić information content (AvgIpc) is 3.66. The molecule has 0 fully saturated rings. The number of rotatable bonds is 10. The number of furan rings is 1. The Morgan fingerprint density at radius 2 is 1.65 bits per heavy atom. The third-order valence-electron chi connectivity index (χ3n) is 8.04. The number of nitrogens with zero attached hydrogens (tertiary/aromatic N) is 3. The highest BCUT2D eigenvalue weighted by atomic mass is 32.2. The summed E-state index contributed by atoms with van der Waals surface area (Å²) in [6, 6.07) is 14.7. The number of carbonyl (C=O) groups excluding carboxylic acids is 2. The zero-order valence-electron chi connectivity index (χ0n) is 26.8. The Morgan fingerprint density at radius 3 is 2.27 bits per heavy atom. The van der Waals surface area contributed by atoms with E-state index in [1.807, 2.05) is 0 Å². The topological polar surface area (TPSA) is 172 Å². The van der Waals surface area contributed by atoms with E-state index in [0.717, 1.165) is 17.2 Å². The fraction of sp³-hybridized carbons (Fsp3) is 0.114. The number of pyridine rings is 1. The molecule has 0 saturated heterocycles. The van der Waals surface area contributed by atoms with Gasteiger partial charge in [-0.3, -0.25) is 23.9 Å². The molecule has 3 aromatic carbocycles. The first-order valence-corrected chi connectivity index (χ1v) is 16.5. The van der Waals surface area contributed by atoms with Crippen LogP contribution in [-0.2, 0) is 33.0 Å². The number of esters is 1. The second kappa shape index (κ2) is 13.8. The molecular weight excluding hydrogens is 688 g/mol. The number of aryl methyl sites for hydroxylation is 1. The number of benzene rings is 3. The Labute approximate surface area is 287 Å². The highest BCUT2D eigenvalue weighted by molar-refractivity contribution is 7.92. The number of methoxy groups -OCH3 is 1. The van der Waals surface area contributed by atoms with Gasteiger partial charge in [-0.15, -0.1) is 0 Å². The zero-order valence-corrected chi connectivity index (χ0v) is 27.6. The number of aromatic nitrogens is 3. The summed E-state index contributed by atoms with van der Waals surface area (Å²) in [7, 11) is -1.71. The van der Waals surface area contributed by atoms with E-state index >= 15 is 8.78 Å². The molecule has 0 radical (unpaired) electrons. The van der Waals surface area contributed by atoms with Crippen LogP contribution in [0.5, 0.6) is 0 Å². The molecule has 3 heterocycles. The number of hydrogen-bond donors (Lipinski definition) is 2. The molecule has 260 valence electrons. The van der Waals surface area contributed by atoms with Gasteiger partial charge in [0, 0.05) is 25.2 Å². The van der Waals surface area contributed by atoms with Gasteiger partial charge in [0.2, 0.25) is 0 Å². The maximum absolute atomic E-state index is 15.2. The van der Waals surface area contributed by atoms with Gasteiger partial charge in [0.25, 0.3) is 21.5 Å². The van der Waals surface area contributed by atoms with Gasteiger partial charge in [0.1, 0.15) is 23.2 Å². The van der Waals surface area contributed by atoms with E-state index in [1.54, 1.807) is 6.07 Å². The van der Waals surface area contributed by atoms with Crippen molar-refractivity contribution in [2.75, 3.05) is 11.8 Å². The van der Waals surface area contributed by atoms with Gasteiger partial charge < -0.3 is 14.5 Å². The molecular formula is C35H27F2N5O8S. The summed E-state index contributed by atoms with van der Waals surface area (Å²) < 4.78 is 70.4. The lowest BCUT2D eigenvalue weighted by Gasteiger charge is -2.18. The number of sulfonamides is 1. The normalized spacial score (nSPS) is 12.0. The van der Waals surface area contributed by atoms with E-state index in [-0.39, 0.29) is 22.4 Å². The van der Waals surface area contributed by atoms with Crippen LogP contribution in [0.15, 0.2) is 117 Å². The molecule has 51 heavy (non-hydrogen) atoms. The van der Waals surface area contributed by atoms with Crippen LogP contribution in [0.3, 0.4) is 0 Å². The summed E-state index contributed by atoms with van der Waals surface area (Å²) in [5, 5.41) is 2.53. The lowest BCUT2D eigenvalue weighted by molar-refractivity contribution is -0.142. The maximum atomic E-state index is 15.2. The smallest absolute Gasteiger partial charge is 0.335 e. The van der Waals surface area contributed by atoms with Crippen LogP contribution >= 0.6 is 0 Å². The van der Waals surface area contributed by atoms with Gasteiger partial charge >= 0.3 is 11.7 Å². The lowest BCUT2D eigenvalue weighted by atomic mass is 10.0. The van der Waals surface area contributed by atoms with Crippen molar-refractivity contribution in [2.45, 2.75) is 17.4 Å². The maximum Gasteiger partial charge on any atom is 0.335 e. The number of anilines is 1. The van der Waals surface area contributed by atoms with Gasteiger partial charge in [-0.05, 0) is 59.7 Å².